The molecule has 9 nitrogen and oxygen atoms in total. The lowest BCUT2D eigenvalue weighted by atomic mass is 9.92. The van der Waals surface area contributed by atoms with E-state index in [9.17, 15) is 13.2 Å². The minimum Gasteiger partial charge on any atom is -0.334 e. The van der Waals surface area contributed by atoms with E-state index in [1.807, 2.05) is 27.7 Å². The third kappa shape index (κ3) is 5.29. The number of urea groups is 1. The number of amides is 2. The van der Waals surface area contributed by atoms with E-state index in [1.165, 1.54) is 10.9 Å². The summed E-state index contributed by atoms with van der Waals surface area (Å²) < 4.78 is 30.2. The Kier molecular flexibility index (Phi) is 7.01. The van der Waals surface area contributed by atoms with Crippen LogP contribution in [-0.2, 0) is 30.0 Å². The molecule has 34 heavy (non-hydrogen) atoms. The molecule has 2 amide bonds. The van der Waals surface area contributed by atoms with E-state index < -0.39 is 16.1 Å². The number of sulfonamides is 1. The molecule has 0 saturated carbocycles. The lowest BCUT2D eigenvalue weighted by Gasteiger charge is -2.18. The standard InChI is InChI=1S/C22H24Cl2N6O3S/c1-14-20(13-29(2)27-14)34(32,33)28-22(31)25-9-8-15-4-3-5-16-11-26-30(21(15)16)12-17-6-7-18(23)10-19(17)24/h6-8,10-11,13H,3-5,9,12H2,1-2H3,(H2,25,28,31). The number of carbonyl (C=O) groups is 1. The van der Waals surface area contributed by atoms with Crippen molar-refractivity contribution in [3.8, 4) is 0 Å². The van der Waals surface area contributed by atoms with Crippen molar-refractivity contribution in [2.45, 2.75) is 37.6 Å². The Balaban J connectivity index is 1.45. The van der Waals surface area contributed by atoms with Gasteiger partial charge in [0.05, 0.1) is 24.1 Å². The van der Waals surface area contributed by atoms with E-state index in [2.05, 4.69) is 15.5 Å². The lowest BCUT2D eigenvalue weighted by Crippen LogP contribution is -2.39. The number of allylic oxidation sites excluding steroid dienone is 1. The highest BCUT2D eigenvalue weighted by Crippen LogP contribution is 2.31. The molecule has 1 aromatic carbocycles. The van der Waals surface area contributed by atoms with Crippen LogP contribution in [0.4, 0.5) is 4.79 Å². The zero-order chi connectivity index (χ0) is 24.5. The van der Waals surface area contributed by atoms with Gasteiger partial charge in [0.2, 0.25) is 0 Å². The number of halogens is 2. The number of fused-ring (bicyclic) bond motifs is 1. The van der Waals surface area contributed by atoms with E-state index in [1.54, 1.807) is 26.1 Å². The van der Waals surface area contributed by atoms with Crippen LogP contribution in [0, 0.1) is 6.92 Å². The van der Waals surface area contributed by atoms with Gasteiger partial charge < -0.3 is 5.32 Å². The van der Waals surface area contributed by atoms with Crippen LogP contribution in [0.3, 0.4) is 0 Å². The molecule has 2 N–H and O–H groups in total. The van der Waals surface area contributed by atoms with E-state index in [-0.39, 0.29) is 11.4 Å². The molecule has 3 aromatic rings. The number of hydrogen-bond acceptors (Lipinski definition) is 5. The normalized spacial score (nSPS) is 14.8. The van der Waals surface area contributed by atoms with Crippen LogP contribution in [0.5, 0.6) is 0 Å². The first-order valence-electron chi connectivity index (χ1n) is 10.6. The molecule has 12 heteroatoms. The first kappa shape index (κ1) is 24.3. The Labute approximate surface area is 207 Å². The van der Waals surface area contributed by atoms with Crippen LogP contribution in [-0.4, -0.2) is 40.6 Å². The predicted molar refractivity (Wildman–Crippen MR) is 130 cm³/mol. The van der Waals surface area contributed by atoms with E-state index >= 15 is 0 Å². The van der Waals surface area contributed by atoms with Crippen molar-refractivity contribution in [2.24, 2.45) is 7.05 Å². The summed E-state index contributed by atoms with van der Waals surface area (Å²) in [5.74, 6) is 0. The SMILES string of the molecule is Cc1nn(C)cc1S(=O)(=O)NC(=O)NCC=C1CCCc2cnn(Cc3ccc(Cl)cc3Cl)c21. The molecule has 0 fully saturated rings. The van der Waals surface area contributed by atoms with Gasteiger partial charge in [-0.25, -0.2) is 17.9 Å². The summed E-state index contributed by atoms with van der Waals surface area (Å²) in [7, 11) is -2.40. The number of aryl methyl sites for hydroxylation is 3. The van der Waals surface area contributed by atoms with E-state index in [0.29, 0.717) is 22.3 Å². The summed E-state index contributed by atoms with van der Waals surface area (Å²) in [6.45, 7) is 2.21. The minimum absolute atomic E-state index is 0.0369. The molecule has 0 atom stereocenters. The molecule has 0 saturated heterocycles. The zero-order valence-corrected chi connectivity index (χ0v) is 21.0. The van der Waals surface area contributed by atoms with Crippen LogP contribution in [0.2, 0.25) is 10.0 Å². The smallest absolute Gasteiger partial charge is 0.328 e. The summed E-state index contributed by atoms with van der Waals surface area (Å²) in [6.07, 6.45) is 7.80. The molecule has 0 unspecified atom stereocenters. The van der Waals surface area contributed by atoms with Gasteiger partial charge in [0.15, 0.2) is 0 Å². The number of rotatable bonds is 6. The highest BCUT2D eigenvalue weighted by atomic mass is 35.5. The Morgan fingerprint density at radius 2 is 2.06 bits per heavy atom. The van der Waals surface area contributed by atoms with Gasteiger partial charge in [-0.2, -0.15) is 10.2 Å². The molecule has 0 spiro atoms. The van der Waals surface area contributed by atoms with Crippen molar-refractivity contribution in [1.82, 2.24) is 29.6 Å². The molecule has 0 aliphatic heterocycles. The van der Waals surface area contributed by atoms with Gasteiger partial charge in [-0.1, -0.05) is 35.3 Å². The average Bonchev–Trinajstić information content (AvgIpc) is 3.33. The maximum absolute atomic E-state index is 12.5. The molecule has 1 aliphatic rings. The second-order valence-electron chi connectivity index (χ2n) is 8.06. The van der Waals surface area contributed by atoms with Crippen molar-refractivity contribution in [3.63, 3.8) is 0 Å². The van der Waals surface area contributed by atoms with Gasteiger partial charge >= 0.3 is 6.03 Å². The van der Waals surface area contributed by atoms with Crippen molar-refractivity contribution in [2.75, 3.05) is 6.54 Å². The summed E-state index contributed by atoms with van der Waals surface area (Å²) in [5.41, 5.74) is 4.37. The largest absolute Gasteiger partial charge is 0.334 e. The van der Waals surface area contributed by atoms with Crippen LogP contribution >= 0.6 is 23.2 Å². The van der Waals surface area contributed by atoms with Crippen molar-refractivity contribution in [1.29, 1.82) is 0 Å². The Hall–Kier alpha value is -2.82. The minimum atomic E-state index is -4.01. The lowest BCUT2D eigenvalue weighted by molar-refractivity contribution is 0.247. The summed E-state index contributed by atoms with van der Waals surface area (Å²) in [5, 5.41) is 12.3. The fraction of sp³-hybridized carbons (Fsp3) is 0.318. The molecule has 0 bridgehead atoms. The molecule has 0 radical (unpaired) electrons. The summed E-state index contributed by atoms with van der Waals surface area (Å²) in [4.78, 5) is 12.2. The van der Waals surface area contributed by atoms with Gasteiger partial charge in [0.1, 0.15) is 4.90 Å². The number of carbonyl (C=O) groups excluding carboxylic acids is 1. The maximum atomic E-state index is 12.5. The third-order valence-electron chi connectivity index (χ3n) is 5.54. The maximum Gasteiger partial charge on any atom is 0.328 e. The van der Waals surface area contributed by atoms with Crippen LogP contribution in [0.15, 0.2) is 41.6 Å². The topological polar surface area (TPSA) is 111 Å². The Morgan fingerprint density at radius 3 is 2.76 bits per heavy atom. The highest BCUT2D eigenvalue weighted by Gasteiger charge is 2.23. The summed E-state index contributed by atoms with van der Waals surface area (Å²) in [6, 6.07) is 4.56. The van der Waals surface area contributed by atoms with Gasteiger partial charge in [-0.3, -0.25) is 9.36 Å². The van der Waals surface area contributed by atoms with Crippen LogP contribution in [0.25, 0.3) is 5.57 Å². The van der Waals surface area contributed by atoms with Gasteiger partial charge in [0.25, 0.3) is 10.0 Å². The number of aromatic nitrogens is 4. The van der Waals surface area contributed by atoms with Gasteiger partial charge in [-0.15, -0.1) is 0 Å². The summed E-state index contributed by atoms with van der Waals surface area (Å²) >= 11 is 12.3. The Bertz CT molecular complexity index is 1380. The number of nitrogens with one attached hydrogen (secondary N) is 2. The molecule has 1 aliphatic carbocycles. The third-order valence-corrected chi connectivity index (χ3v) is 7.56. The monoisotopic (exact) mass is 522 g/mol. The second kappa shape index (κ2) is 9.81. The van der Waals surface area contributed by atoms with Crippen molar-refractivity contribution in [3.05, 3.63) is 69.2 Å². The molecular formula is C22H24Cl2N6O3S. The van der Waals surface area contributed by atoms with Gasteiger partial charge in [0, 0.05) is 29.8 Å². The van der Waals surface area contributed by atoms with Gasteiger partial charge in [-0.05, 0) is 55.0 Å². The highest BCUT2D eigenvalue weighted by molar-refractivity contribution is 7.90. The molecular weight excluding hydrogens is 499 g/mol. The number of nitrogens with zero attached hydrogens (tertiary/aromatic N) is 4. The van der Waals surface area contributed by atoms with E-state index in [4.69, 9.17) is 23.2 Å². The molecule has 4 rings (SSSR count). The predicted octanol–water partition coefficient (Wildman–Crippen LogP) is 3.69. The fourth-order valence-corrected chi connectivity index (χ4v) is 5.63. The first-order chi connectivity index (χ1) is 16.1. The first-order valence-corrected chi connectivity index (χ1v) is 12.9. The number of benzene rings is 1. The Morgan fingerprint density at radius 1 is 1.26 bits per heavy atom. The van der Waals surface area contributed by atoms with Crippen LogP contribution < -0.4 is 10.0 Å². The van der Waals surface area contributed by atoms with Crippen molar-refractivity contribution >= 4 is 44.8 Å². The van der Waals surface area contributed by atoms with Crippen molar-refractivity contribution < 1.29 is 13.2 Å². The quantitative estimate of drug-likeness (QED) is 0.512. The van der Waals surface area contributed by atoms with Crippen LogP contribution in [0.1, 0.15) is 35.4 Å². The molecule has 180 valence electrons. The molecule has 2 heterocycles. The average molecular weight is 523 g/mol. The second-order valence-corrected chi connectivity index (χ2v) is 10.6. The zero-order valence-electron chi connectivity index (χ0n) is 18.7. The number of hydrogen-bond donors (Lipinski definition) is 2. The molecule has 2 aromatic heterocycles. The van der Waals surface area contributed by atoms with E-state index in [0.717, 1.165) is 41.7 Å². The fourth-order valence-electron chi connectivity index (χ4n) is 4.02.